The van der Waals surface area contributed by atoms with Gasteiger partial charge in [0.25, 0.3) is 0 Å². The average molecular weight is 317 g/mol. The lowest BCUT2D eigenvalue weighted by molar-refractivity contribution is 0.0696. The third kappa shape index (κ3) is 5.52. The second kappa shape index (κ2) is 7.66. The van der Waals surface area contributed by atoms with Crippen LogP contribution in [0.2, 0.25) is 0 Å². The van der Waals surface area contributed by atoms with Crippen molar-refractivity contribution >= 4 is 27.6 Å². The molecule has 0 fully saturated rings. The molecule has 20 heavy (non-hydrogen) atoms. The molecule has 5 nitrogen and oxygen atoms in total. The van der Waals surface area contributed by atoms with Crippen LogP contribution >= 0.6 is 11.8 Å². The predicted molar refractivity (Wildman–Crippen MR) is 81.3 cm³/mol. The molecule has 1 aromatic carbocycles. The highest BCUT2D eigenvalue weighted by Gasteiger charge is 2.16. The molecule has 1 rings (SSSR count). The van der Waals surface area contributed by atoms with Crippen LogP contribution in [-0.4, -0.2) is 62.3 Å². The molecule has 0 spiro atoms. The van der Waals surface area contributed by atoms with Crippen molar-refractivity contribution in [3.05, 3.63) is 29.8 Å². The molecule has 0 saturated heterocycles. The van der Waals surface area contributed by atoms with Gasteiger partial charge in [-0.3, -0.25) is 0 Å². The van der Waals surface area contributed by atoms with Crippen LogP contribution in [0.15, 0.2) is 29.2 Å². The minimum Gasteiger partial charge on any atom is -0.478 e. The van der Waals surface area contributed by atoms with Gasteiger partial charge in [-0.15, -0.1) is 0 Å². The summed E-state index contributed by atoms with van der Waals surface area (Å²) in [5.74, 6) is 0.279. The summed E-state index contributed by atoms with van der Waals surface area (Å²) < 4.78 is 24.2. The Hall–Kier alpha value is -1.05. The highest BCUT2D eigenvalue weighted by atomic mass is 32.2. The van der Waals surface area contributed by atoms with Crippen molar-refractivity contribution in [2.24, 2.45) is 0 Å². The van der Waals surface area contributed by atoms with Crippen LogP contribution in [0, 0.1) is 0 Å². The Morgan fingerprint density at radius 2 is 2.00 bits per heavy atom. The Kier molecular flexibility index (Phi) is 6.51. The Balaban J connectivity index is 2.60. The van der Waals surface area contributed by atoms with Gasteiger partial charge < -0.3 is 10.0 Å². The standard InChI is InChI=1S/C13H19NO4S2/c1-14(2)6-7-19-8-9-20(17,18)12-5-3-4-11(10-12)13(15)16/h3-5,10H,6-9H2,1-2H3,(H,15,16). The van der Waals surface area contributed by atoms with Crippen LogP contribution < -0.4 is 0 Å². The van der Waals surface area contributed by atoms with Gasteiger partial charge >= 0.3 is 5.97 Å². The Morgan fingerprint density at radius 1 is 1.30 bits per heavy atom. The smallest absolute Gasteiger partial charge is 0.335 e. The Labute approximate surface area is 123 Å². The molecule has 112 valence electrons. The molecule has 1 N–H and O–H groups in total. The molecule has 0 bridgehead atoms. The highest BCUT2D eigenvalue weighted by Crippen LogP contribution is 2.15. The van der Waals surface area contributed by atoms with Crippen LogP contribution in [0.25, 0.3) is 0 Å². The van der Waals surface area contributed by atoms with E-state index in [0.29, 0.717) is 5.75 Å². The average Bonchev–Trinajstić information content (AvgIpc) is 2.38. The molecule has 0 aliphatic heterocycles. The van der Waals surface area contributed by atoms with Gasteiger partial charge in [0.1, 0.15) is 0 Å². The molecule has 0 aliphatic carbocycles. The first-order chi connectivity index (χ1) is 9.33. The van der Waals surface area contributed by atoms with Gasteiger partial charge in [0.2, 0.25) is 0 Å². The molecular formula is C13H19NO4S2. The van der Waals surface area contributed by atoms with Gasteiger partial charge in [-0.2, -0.15) is 11.8 Å². The maximum absolute atomic E-state index is 12.1. The largest absolute Gasteiger partial charge is 0.478 e. The van der Waals surface area contributed by atoms with E-state index in [-0.39, 0.29) is 16.2 Å². The first-order valence-electron chi connectivity index (χ1n) is 6.11. The lowest BCUT2D eigenvalue weighted by Crippen LogP contribution is -2.16. The zero-order valence-electron chi connectivity index (χ0n) is 11.6. The second-order valence-electron chi connectivity index (χ2n) is 4.57. The topological polar surface area (TPSA) is 74.7 Å². The number of hydrogen-bond acceptors (Lipinski definition) is 5. The fourth-order valence-electron chi connectivity index (χ4n) is 1.46. The molecule has 0 unspecified atom stereocenters. The highest BCUT2D eigenvalue weighted by molar-refractivity contribution is 8.00. The zero-order valence-corrected chi connectivity index (χ0v) is 13.2. The van der Waals surface area contributed by atoms with Gasteiger partial charge in [0.15, 0.2) is 9.84 Å². The Bertz CT molecular complexity index is 555. The van der Waals surface area contributed by atoms with Gasteiger partial charge in [0, 0.05) is 18.1 Å². The Morgan fingerprint density at radius 3 is 2.60 bits per heavy atom. The molecule has 0 amide bonds. The van der Waals surface area contributed by atoms with E-state index in [2.05, 4.69) is 0 Å². The van der Waals surface area contributed by atoms with E-state index in [1.807, 2.05) is 19.0 Å². The number of carbonyl (C=O) groups is 1. The van der Waals surface area contributed by atoms with Crippen molar-refractivity contribution in [3.8, 4) is 0 Å². The van der Waals surface area contributed by atoms with E-state index in [0.717, 1.165) is 12.3 Å². The van der Waals surface area contributed by atoms with E-state index in [4.69, 9.17) is 5.11 Å². The van der Waals surface area contributed by atoms with Gasteiger partial charge in [0.05, 0.1) is 16.2 Å². The fourth-order valence-corrected chi connectivity index (χ4v) is 4.33. The quantitative estimate of drug-likeness (QED) is 0.732. The van der Waals surface area contributed by atoms with Crippen LogP contribution in [0.5, 0.6) is 0 Å². The number of carboxylic acid groups (broad SMARTS) is 1. The number of nitrogens with zero attached hydrogens (tertiary/aromatic N) is 1. The van der Waals surface area contributed by atoms with Crippen molar-refractivity contribution in [2.75, 3.05) is 37.9 Å². The summed E-state index contributed by atoms with van der Waals surface area (Å²) in [6.45, 7) is 0.902. The molecular weight excluding hydrogens is 298 g/mol. The van der Waals surface area contributed by atoms with Crippen LogP contribution in [-0.2, 0) is 9.84 Å². The number of hydrogen-bond donors (Lipinski definition) is 1. The van der Waals surface area contributed by atoms with Crippen LogP contribution in [0.4, 0.5) is 0 Å². The van der Waals surface area contributed by atoms with Gasteiger partial charge in [-0.05, 0) is 32.3 Å². The van der Waals surface area contributed by atoms with Crippen molar-refractivity contribution in [1.29, 1.82) is 0 Å². The van der Waals surface area contributed by atoms with Crippen molar-refractivity contribution < 1.29 is 18.3 Å². The monoisotopic (exact) mass is 317 g/mol. The molecule has 0 heterocycles. The maximum Gasteiger partial charge on any atom is 0.335 e. The summed E-state index contributed by atoms with van der Waals surface area (Å²) in [4.78, 5) is 13.0. The molecule has 0 aromatic heterocycles. The third-order valence-corrected chi connectivity index (χ3v) is 5.56. The van der Waals surface area contributed by atoms with Crippen molar-refractivity contribution in [2.45, 2.75) is 4.90 Å². The van der Waals surface area contributed by atoms with Crippen LogP contribution in [0.1, 0.15) is 10.4 Å². The number of sulfone groups is 1. The maximum atomic E-state index is 12.1. The molecule has 0 aliphatic rings. The number of carboxylic acids is 1. The van der Waals surface area contributed by atoms with E-state index in [1.165, 1.54) is 24.3 Å². The number of rotatable bonds is 8. The molecule has 0 atom stereocenters. The lowest BCUT2D eigenvalue weighted by atomic mass is 10.2. The first kappa shape index (κ1) is 17.0. The summed E-state index contributed by atoms with van der Waals surface area (Å²) in [7, 11) is 0.519. The SMILES string of the molecule is CN(C)CCSCCS(=O)(=O)c1cccc(C(=O)O)c1. The minimum absolute atomic E-state index is 0.00802. The fraction of sp³-hybridized carbons (Fsp3) is 0.462. The lowest BCUT2D eigenvalue weighted by Gasteiger charge is -2.09. The van der Waals surface area contributed by atoms with Gasteiger partial charge in [-0.1, -0.05) is 6.07 Å². The van der Waals surface area contributed by atoms with E-state index in [9.17, 15) is 13.2 Å². The third-order valence-electron chi connectivity index (χ3n) is 2.62. The number of aromatic carboxylic acids is 1. The van der Waals surface area contributed by atoms with E-state index < -0.39 is 15.8 Å². The zero-order chi connectivity index (χ0) is 15.2. The van der Waals surface area contributed by atoms with Crippen LogP contribution in [0.3, 0.4) is 0 Å². The minimum atomic E-state index is -3.41. The summed E-state index contributed by atoms with van der Waals surface area (Å²) in [6, 6.07) is 5.48. The molecule has 0 radical (unpaired) electrons. The molecule has 7 heteroatoms. The molecule has 0 saturated carbocycles. The van der Waals surface area contributed by atoms with E-state index >= 15 is 0 Å². The second-order valence-corrected chi connectivity index (χ2v) is 7.90. The summed E-state index contributed by atoms with van der Waals surface area (Å²) in [5, 5.41) is 8.87. The molecule has 1 aromatic rings. The predicted octanol–water partition coefficient (Wildman–Crippen LogP) is 1.45. The van der Waals surface area contributed by atoms with Gasteiger partial charge in [-0.25, -0.2) is 13.2 Å². The summed E-state index contributed by atoms with van der Waals surface area (Å²) in [5.41, 5.74) is -0.00802. The van der Waals surface area contributed by atoms with E-state index in [1.54, 1.807) is 11.8 Å². The van der Waals surface area contributed by atoms with Crippen molar-refractivity contribution in [1.82, 2.24) is 4.90 Å². The first-order valence-corrected chi connectivity index (χ1v) is 8.92. The summed E-state index contributed by atoms with van der Waals surface area (Å²) >= 11 is 1.58. The number of thioether (sulfide) groups is 1. The normalized spacial score (nSPS) is 11.8. The summed E-state index contributed by atoms with van der Waals surface area (Å²) in [6.07, 6.45) is 0. The number of benzene rings is 1. The van der Waals surface area contributed by atoms with Crippen molar-refractivity contribution in [3.63, 3.8) is 0 Å².